The van der Waals surface area contributed by atoms with Crippen molar-refractivity contribution >= 4 is 16.9 Å². The number of aryl methyl sites for hydroxylation is 2. The molecule has 3 aromatic rings. The molecule has 0 saturated carbocycles. The Morgan fingerprint density at radius 3 is 2.77 bits per heavy atom. The molecule has 7 heteroatoms. The number of halogens is 2. The summed E-state index contributed by atoms with van der Waals surface area (Å²) < 4.78 is 31.2. The Labute approximate surface area is 148 Å². The van der Waals surface area contributed by atoms with Crippen LogP contribution in [0.15, 0.2) is 36.4 Å². The molecule has 0 spiro atoms. The van der Waals surface area contributed by atoms with E-state index in [9.17, 15) is 18.8 Å². The highest BCUT2D eigenvalue weighted by Crippen LogP contribution is 2.26. The molecular formula is C19H15F2N3O2. The minimum absolute atomic E-state index is 0.0224. The molecule has 1 aromatic heterocycles. The summed E-state index contributed by atoms with van der Waals surface area (Å²) in [5, 5.41) is 14.6. The quantitative estimate of drug-likeness (QED) is 0.528. The lowest BCUT2D eigenvalue weighted by molar-refractivity contribution is -0.146. The maximum atomic E-state index is 12.4. The first-order valence-electron chi connectivity index (χ1n) is 7.86. The van der Waals surface area contributed by atoms with Gasteiger partial charge >= 0.3 is 12.4 Å². The summed E-state index contributed by atoms with van der Waals surface area (Å²) in [7, 11) is 0. The zero-order valence-electron chi connectivity index (χ0n) is 14.2. The summed E-state index contributed by atoms with van der Waals surface area (Å²) in [5.41, 5.74) is 3.71. The molecule has 2 aromatic carbocycles. The Kier molecular flexibility index (Phi) is 4.67. The molecule has 0 saturated heterocycles. The van der Waals surface area contributed by atoms with Crippen LogP contribution in [0.1, 0.15) is 22.4 Å². The van der Waals surface area contributed by atoms with Gasteiger partial charge in [0.05, 0.1) is 29.4 Å². The number of benzene rings is 2. The number of nitrogens with zero attached hydrogens (tertiary/aromatic N) is 3. The number of nitriles is 1. The first-order chi connectivity index (χ1) is 12.4. The third kappa shape index (κ3) is 3.26. The van der Waals surface area contributed by atoms with Crippen molar-refractivity contribution in [2.24, 2.45) is 0 Å². The van der Waals surface area contributed by atoms with Crippen molar-refractivity contribution in [2.75, 3.05) is 0 Å². The van der Waals surface area contributed by atoms with Crippen molar-refractivity contribution in [3.05, 3.63) is 58.8 Å². The van der Waals surface area contributed by atoms with Gasteiger partial charge in [0.15, 0.2) is 0 Å². The topological polar surface area (TPSA) is 67.9 Å². The normalized spacial score (nSPS) is 10.9. The summed E-state index contributed by atoms with van der Waals surface area (Å²) in [6.45, 7) is 4.07. The largest absolute Gasteiger partial charge is 0.422 e. The van der Waals surface area contributed by atoms with Gasteiger partial charge in [-0.15, -0.1) is 0 Å². The van der Waals surface area contributed by atoms with E-state index in [4.69, 9.17) is 0 Å². The molecule has 5 nitrogen and oxygen atoms in total. The van der Waals surface area contributed by atoms with Crippen molar-refractivity contribution in [1.82, 2.24) is 9.78 Å². The fourth-order valence-corrected chi connectivity index (χ4v) is 2.83. The average Bonchev–Trinajstić information content (AvgIpc) is 2.92. The lowest BCUT2D eigenvalue weighted by atomic mass is 10.0. The van der Waals surface area contributed by atoms with Gasteiger partial charge in [0.25, 0.3) is 0 Å². The number of carbonyl (C=O) groups excluding carboxylic acids is 1. The molecule has 0 aliphatic rings. The second kappa shape index (κ2) is 6.92. The Balaban J connectivity index is 2.04. The van der Waals surface area contributed by atoms with Crippen LogP contribution in [-0.4, -0.2) is 22.2 Å². The summed E-state index contributed by atoms with van der Waals surface area (Å²) in [6.07, 6.45) is -3.19. The number of aromatic nitrogens is 2. The van der Waals surface area contributed by atoms with Crippen molar-refractivity contribution in [2.45, 2.75) is 26.8 Å². The summed E-state index contributed by atoms with van der Waals surface area (Å²) in [4.78, 5) is 11.1. The maximum absolute atomic E-state index is 12.4. The molecule has 0 atom stereocenters. The van der Waals surface area contributed by atoms with Crippen LogP contribution >= 0.6 is 0 Å². The lowest BCUT2D eigenvalue weighted by Gasteiger charge is -2.10. The van der Waals surface area contributed by atoms with Crippen LogP contribution in [0.2, 0.25) is 0 Å². The molecular weight excluding hydrogens is 340 g/mol. The van der Waals surface area contributed by atoms with Crippen molar-refractivity contribution < 1.29 is 18.3 Å². The minimum atomic E-state index is -3.19. The van der Waals surface area contributed by atoms with Gasteiger partial charge in [0.1, 0.15) is 5.75 Å². The molecule has 0 unspecified atom stereocenters. The number of carbonyl (C=O) groups is 1. The van der Waals surface area contributed by atoms with E-state index < -0.39 is 12.4 Å². The van der Waals surface area contributed by atoms with Crippen molar-refractivity contribution in [1.29, 1.82) is 5.26 Å². The third-order valence-corrected chi connectivity index (χ3v) is 4.14. The number of ether oxygens (including phenoxy) is 1. The van der Waals surface area contributed by atoms with Crippen molar-refractivity contribution in [3.63, 3.8) is 0 Å². The van der Waals surface area contributed by atoms with Crippen molar-refractivity contribution in [3.8, 4) is 11.8 Å². The second-order valence-corrected chi connectivity index (χ2v) is 5.86. The molecule has 0 aliphatic heterocycles. The summed E-state index contributed by atoms with van der Waals surface area (Å²) >= 11 is 0. The molecule has 1 heterocycles. The highest BCUT2D eigenvalue weighted by molar-refractivity contribution is 5.84. The van der Waals surface area contributed by atoms with E-state index in [1.165, 1.54) is 12.1 Å². The van der Waals surface area contributed by atoms with Gasteiger partial charge in [0.2, 0.25) is 0 Å². The Bertz CT molecular complexity index is 1040. The SMILES string of the molecule is Cc1cccc(C#N)c1Cn1nc(C)c2ccc(OC(=O)C(F)F)cc21. The van der Waals surface area contributed by atoms with Crippen LogP contribution in [0.5, 0.6) is 5.75 Å². The lowest BCUT2D eigenvalue weighted by Crippen LogP contribution is -2.17. The highest BCUT2D eigenvalue weighted by Gasteiger charge is 2.19. The molecule has 0 amide bonds. The fourth-order valence-electron chi connectivity index (χ4n) is 2.83. The molecule has 3 rings (SSSR count). The highest BCUT2D eigenvalue weighted by atomic mass is 19.3. The number of alkyl halides is 2. The van der Waals surface area contributed by atoms with Crippen LogP contribution in [0.4, 0.5) is 8.78 Å². The molecule has 0 radical (unpaired) electrons. The molecule has 0 bridgehead atoms. The Hall–Kier alpha value is -3.27. The van der Waals surface area contributed by atoms with E-state index in [1.54, 1.807) is 16.8 Å². The zero-order chi connectivity index (χ0) is 18.8. The van der Waals surface area contributed by atoms with E-state index in [2.05, 4.69) is 15.9 Å². The third-order valence-electron chi connectivity index (χ3n) is 4.14. The molecule has 0 fully saturated rings. The van der Waals surface area contributed by atoms with Gasteiger partial charge in [-0.1, -0.05) is 12.1 Å². The minimum Gasteiger partial charge on any atom is -0.422 e. The molecule has 26 heavy (non-hydrogen) atoms. The number of fused-ring (bicyclic) bond motifs is 1. The van der Waals surface area contributed by atoms with E-state index in [0.717, 1.165) is 22.2 Å². The summed E-state index contributed by atoms with van der Waals surface area (Å²) in [6, 6.07) is 12.2. The van der Waals surface area contributed by atoms with E-state index in [1.807, 2.05) is 26.0 Å². The predicted octanol–water partition coefficient (Wildman–Crippen LogP) is 3.74. The smallest absolute Gasteiger partial charge is 0.379 e. The molecule has 132 valence electrons. The van der Waals surface area contributed by atoms with Crippen LogP contribution < -0.4 is 4.74 Å². The van der Waals surface area contributed by atoms with E-state index in [-0.39, 0.29) is 5.75 Å². The van der Waals surface area contributed by atoms with Gasteiger partial charge in [-0.05, 0) is 43.2 Å². The molecule has 0 N–H and O–H groups in total. The van der Waals surface area contributed by atoms with Crippen LogP contribution in [0.3, 0.4) is 0 Å². The van der Waals surface area contributed by atoms with Gasteiger partial charge in [-0.2, -0.15) is 19.1 Å². The first kappa shape index (κ1) is 17.5. The fraction of sp³-hybridized carbons (Fsp3) is 0.211. The van der Waals surface area contributed by atoms with Crippen LogP contribution in [0, 0.1) is 25.2 Å². The first-order valence-corrected chi connectivity index (χ1v) is 7.86. The van der Waals surface area contributed by atoms with Gasteiger partial charge < -0.3 is 4.74 Å². The van der Waals surface area contributed by atoms with Gasteiger partial charge in [0, 0.05) is 11.5 Å². The molecule has 0 aliphatic carbocycles. The maximum Gasteiger partial charge on any atom is 0.379 e. The van der Waals surface area contributed by atoms with E-state index >= 15 is 0 Å². The zero-order valence-corrected chi connectivity index (χ0v) is 14.2. The Morgan fingerprint density at radius 1 is 1.31 bits per heavy atom. The van der Waals surface area contributed by atoms with Gasteiger partial charge in [-0.3, -0.25) is 4.68 Å². The second-order valence-electron chi connectivity index (χ2n) is 5.86. The number of esters is 1. The number of hydrogen-bond acceptors (Lipinski definition) is 4. The van der Waals surface area contributed by atoms with Gasteiger partial charge in [-0.25, -0.2) is 4.79 Å². The summed E-state index contributed by atoms with van der Waals surface area (Å²) in [5.74, 6) is -1.58. The average molecular weight is 355 g/mol. The number of rotatable bonds is 4. The Morgan fingerprint density at radius 2 is 2.08 bits per heavy atom. The number of hydrogen-bond donors (Lipinski definition) is 0. The van der Waals surface area contributed by atoms with Crippen LogP contribution in [-0.2, 0) is 11.3 Å². The predicted molar refractivity (Wildman–Crippen MR) is 91.1 cm³/mol. The van der Waals surface area contributed by atoms with Crippen LogP contribution in [0.25, 0.3) is 10.9 Å². The standard InChI is InChI=1S/C19H15F2N3O2/c1-11-4-3-5-13(9-22)16(11)10-24-17-8-14(26-19(25)18(20)21)6-7-15(17)12(2)23-24/h3-8,18H,10H2,1-2H3. The monoisotopic (exact) mass is 355 g/mol. The van der Waals surface area contributed by atoms with E-state index in [0.29, 0.717) is 17.6 Å².